The maximum Gasteiger partial charge on any atom is 0.256 e. The van der Waals surface area contributed by atoms with Crippen molar-refractivity contribution in [3.05, 3.63) is 108 Å². The van der Waals surface area contributed by atoms with Crippen molar-refractivity contribution < 1.29 is 4.79 Å². The second kappa shape index (κ2) is 8.78. The lowest BCUT2D eigenvalue weighted by Crippen LogP contribution is -2.48. The molecule has 0 atom stereocenters. The summed E-state index contributed by atoms with van der Waals surface area (Å²) in [5.74, 6) is 0.141. The minimum absolute atomic E-state index is 0.141. The van der Waals surface area contributed by atoms with Crippen LogP contribution in [0.25, 0.3) is 10.9 Å². The molecule has 1 aromatic heterocycles. The van der Waals surface area contributed by atoms with E-state index in [4.69, 9.17) is 0 Å². The van der Waals surface area contributed by atoms with E-state index in [1.807, 2.05) is 35.4 Å². The number of hydrogen-bond donors (Lipinski definition) is 0. The second-order valence-corrected chi connectivity index (χ2v) is 8.23. The third kappa shape index (κ3) is 4.25. The van der Waals surface area contributed by atoms with Gasteiger partial charge in [0.15, 0.2) is 0 Å². The highest BCUT2D eigenvalue weighted by Gasteiger charge is 2.25. The van der Waals surface area contributed by atoms with E-state index in [2.05, 4.69) is 70.1 Å². The monoisotopic (exact) mass is 409 g/mol. The Hall–Kier alpha value is -3.37. The highest BCUT2D eigenvalue weighted by molar-refractivity contribution is 6.07. The van der Waals surface area contributed by atoms with E-state index >= 15 is 0 Å². The van der Waals surface area contributed by atoms with Gasteiger partial charge in [-0.25, -0.2) is 0 Å². The maximum atomic E-state index is 13.4. The first-order valence-electron chi connectivity index (χ1n) is 11.0. The van der Waals surface area contributed by atoms with Gasteiger partial charge in [-0.2, -0.15) is 0 Å². The van der Waals surface area contributed by atoms with Gasteiger partial charge in [-0.05, 0) is 17.2 Å². The summed E-state index contributed by atoms with van der Waals surface area (Å²) in [6, 6.07) is 29.2. The number of nitrogens with zero attached hydrogens (tertiary/aromatic N) is 3. The van der Waals surface area contributed by atoms with Crippen LogP contribution < -0.4 is 0 Å². The Morgan fingerprint density at radius 2 is 1.26 bits per heavy atom. The number of para-hydroxylation sites is 1. The molecular formula is C27H27N3O. The number of amides is 1. The van der Waals surface area contributed by atoms with Crippen molar-refractivity contribution in [2.24, 2.45) is 0 Å². The number of piperazine rings is 1. The molecule has 31 heavy (non-hydrogen) atoms. The second-order valence-electron chi connectivity index (χ2n) is 8.23. The zero-order chi connectivity index (χ0) is 21.0. The van der Waals surface area contributed by atoms with E-state index < -0.39 is 0 Å². The van der Waals surface area contributed by atoms with E-state index in [9.17, 15) is 4.79 Å². The average Bonchev–Trinajstić information content (AvgIpc) is 3.19. The van der Waals surface area contributed by atoms with Crippen LogP contribution in [-0.4, -0.2) is 46.5 Å². The average molecular weight is 410 g/mol. The van der Waals surface area contributed by atoms with E-state index in [-0.39, 0.29) is 5.91 Å². The van der Waals surface area contributed by atoms with Crippen molar-refractivity contribution in [1.82, 2.24) is 14.4 Å². The van der Waals surface area contributed by atoms with E-state index in [1.54, 1.807) is 0 Å². The normalized spacial score (nSPS) is 14.8. The molecule has 0 unspecified atom stereocenters. The molecule has 1 aliphatic rings. The molecule has 2 heterocycles. The molecule has 0 saturated carbocycles. The lowest BCUT2D eigenvalue weighted by molar-refractivity contribution is 0.0630. The molecule has 0 radical (unpaired) electrons. The van der Waals surface area contributed by atoms with E-state index in [0.29, 0.717) is 0 Å². The van der Waals surface area contributed by atoms with Crippen LogP contribution in [0.5, 0.6) is 0 Å². The maximum absolute atomic E-state index is 13.4. The molecule has 5 rings (SSSR count). The van der Waals surface area contributed by atoms with Crippen LogP contribution in [0.3, 0.4) is 0 Å². The van der Waals surface area contributed by atoms with Gasteiger partial charge in [0.1, 0.15) is 0 Å². The van der Waals surface area contributed by atoms with Crippen LogP contribution in [-0.2, 0) is 13.1 Å². The van der Waals surface area contributed by atoms with E-state index in [0.717, 1.165) is 55.7 Å². The molecule has 1 amide bonds. The van der Waals surface area contributed by atoms with Gasteiger partial charge in [0.2, 0.25) is 0 Å². The van der Waals surface area contributed by atoms with Crippen LogP contribution in [0, 0.1) is 0 Å². The lowest BCUT2D eigenvalue weighted by atomic mass is 10.1. The molecule has 1 aliphatic heterocycles. The molecule has 0 N–H and O–H groups in total. The molecule has 0 spiro atoms. The van der Waals surface area contributed by atoms with Gasteiger partial charge in [0, 0.05) is 56.4 Å². The first-order chi connectivity index (χ1) is 15.3. The highest BCUT2D eigenvalue weighted by Crippen LogP contribution is 2.24. The highest BCUT2D eigenvalue weighted by atomic mass is 16.2. The van der Waals surface area contributed by atoms with Gasteiger partial charge in [0.05, 0.1) is 5.56 Å². The molecule has 156 valence electrons. The van der Waals surface area contributed by atoms with Gasteiger partial charge in [-0.3, -0.25) is 9.69 Å². The first kappa shape index (κ1) is 19.6. The molecule has 1 saturated heterocycles. The number of hydrogen-bond acceptors (Lipinski definition) is 2. The fraction of sp³-hybridized carbons (Fsp3) is 0.222. The predicted molar refractivity (Wildman–Crippen MR) is 125 cm³/mol. The van der Waals surface area contributed by atoms with Crippen LogP contribution in [0.1, 0.15) is 21.5 Å². The Morgan fingerprint density at radius 1 is 0.677 bits per heavy atom. The standard InChI is InChI=1S/C27H27N3O/c31-27(29-17-15-28(16-18-29)19-22-9-3-1-4-10-22)25-21-30(20-23-11-5-2-6-12-23)26-14-8-7-13-24(25)26/h1-14,21H,15-20H2. The van der Waals surface area contributed by atoms with Gasteiger partial charge in [0.25, 0.3) is 5.91 Å². The number of aromatic nitrogens is 1. The Balaban J connectivity index is 1.32. The summed E-state index contributed by atoms with van der Waals surface area (Å²) in [6.45, 7) is 5.05. The van der Waals surface area contributed by atoms with Crippen LogP contribution in [0.2, 0.25) is 0 Å². The van der Waals surface area contributed by atoms with Crippen molar-refractivity contribution in [3.8, 4) is 0 Å². The number of carbonyl (C=O) groups is 1. The fourth-order valence-corrected chi connectivity index (χ4v) is 4.45. The Bertz CT molecular complexity index is 1160. The minimum Gasteiger partial charge on any atom is -0.342 e. The molecule has 1 fully saturated rings. The molecule has 0 aliphatic carbocycles. The topological polar surface area (TPSA) is 28.5 Å². The SMILES string of the molecule is O=C(c1cn(Cc2ccccc2)c2ccccc12)N1CCN(Cc2ccccc2)CC1. The summed E-state index contributed by atoms with van der Waals surface area (Å²) in [5, 5.41) is 1.04. The number of rotatable bonds is 5. The van der Waals surface area contributed by atoms with Gasteiger partial charge >= 0.3 is 0 Å². The first-order valence-corrected chi connectivity index (χ1v) is 11.0. The molecule has 4 aromatic rings. The van der Waals surface area contributed by atoms with Crippen LogP contribution in [0.15, 0.2) is 91.1 Å². The van der Waals surface area contributed by atoms with Crippen molar-refractivity contribution >= 4 is 16.8 Å². The summed E-state index contributed by atoms with van der Waals surface area (Å²) >= 11 is 0. The number of carbonyl (C=O) groups excluding carboxylic acids is 1. The summed E-state index contributed by atoms with van der Waals surface area (Å²) < 4.78 is 2.20. The zero-order valence-corrected chi connectivity index (χ0v) is 17.7. The largest absolute Gasteiger partial charge is 0.342 e. The molecule has 4 heteroatoms. The van der Waals surface area contributed by atoms with Crippen molar-refractivity contribution in [3.63, 3.8) is 0 Å². The van der Waals surface area contributed by atoms with Crippen molar-refractivity contribution in [2.75, 3.05) is 26.2 Å². The summed E-state index contributed by atoms with van der Waals surface area (Å²) in [5.41, 5.74) is 4.48. The minimum atomic E-state index is 0.141. The summed E-state index contributed by atoms with van der Waals surface area (Å²) in [6.07, 6.45) is 2.04. The van der Waals surface area contributed by atoms with E-state index in [1.165, 1.54) is 11.1 Å². The fourth-order valence-electron chi connectivity index (χ4n) is 4.45. The van der Waals surface area contributed by atoms with Gasteiger partial charge < -0.3 is 9.47 Å². The Morgan fingerprint density at radius 3 is 1.94 bits per heavy atom. The number of benzene rings is 3. The van der Waals surface area contributed by atoms with Crippen molar-refractivity contribution in [1.29, 1.82) is 0 Å². The zero-order valence-electron chi connectivity index (χ0n) is 17.7. The number of fused-ring (bicyclic) bond motifs is 1. The van der Waals surface area contributed by atoms with Gasteiger partial charge in [-0.1, -0.05) is 78.9 Å². The molecular weight excluding hydrogens is 382 g/mol. The van der Waals surface area contributed by atoms with Crippen LogP contribution in [0.4, 0.5) is 0 Å². The lowest BCUT2D eigenvalue weighted by Gasteiger charge is -2.34. The predicted octanol–water partition coefficient (Wildman–Crippen LogP) is 4.65. The summed E-state index contributed by atoms with van der Waals surface area (Å²) in [4.78, 5) is 17.9. The molecule has 0 bridgehead atoms. The Labute approximate surface area is 183 Å². The summed E-state index contributed by atoms with van der Waals surface area (Å²) in [7, 11) is 0. The quantitative estimate of drug-likeness (QED) is 0.480. The molecule has 4 nitrogen and oxygen atoms in total. The third-order valence-electron chi connectivity index (χ3n) is 6.12. The Kier molecular flexibility index (Phi) is 5.55. The molecule has 3 aromatic carbocycles. The third-order valence-corrected chi connectivity index (χ3v) is 6.12. The van der Waals surface area contributed by atoms with Crippen molar-refractivity contribution in [2.45, 2.75) is 13.1 Å². The van der Waals surface area contributed by atoms with Gasteiger partial charge in [-0.15, -0.1) is 0 Å². The van der Waals surface area contributed by atoms with Crippen LogP contribution >= 0.6 is 0 Å². The smallest absolute Gasteiger partial charge is 0.256 e.